The summed E-state index contributed by atoms with van der Waals surface area (Å²) in [5.41, 5.74) is 2.66. The molecule has 0 aliphatic rings. The standard InChI is InChI=1S/C15H12F3N3O3/c1-8-9(6-7-12(19-8)15(16,17)18)13(23)20-21-14(24)10-4-2-3-5-11(10)22/h2-7,22H,1H3,(H,20,23)(H,21,24). The molecule has 24 heavy (non-hydrogen) atoms. The maximum absolute atomic E-state index is 12.5. The molecule has 0 aliphatic heterocycles. The smallest absolute Gasteiger partial charge is 0.433 e. The van der Waals surface area contributed by atoms with Crippen LogP contribution < -0.4 is 10.9 Å². The number of aromatic hydroxyl groups is 1. The summed E-state index contributed by atoms with van der Waals surface area (Å²) in [7, 11) is 0. The Balaban J connectivity index is 2.08. The summed E-state index contributed by atoms with van der Waals surface area (Å²) >= 11 is 0. The third-order valence-corrected chi connectivity index (χ3v) is 3.06. The molecule has 0 fully saturated rings. The highest BCUT2D eigenvalue weighted by atomic mass is 19.4. The molecule has 1 heterocycles. The summed E-state index contributed by atoms with van der Waals surface area (Å²) in [6.07, 6.45) is -4.61. The number of hydrazine groups is 1. The number of aryl methyl sites for hydroxylation is 1. The van der Waals surface area contributed by atoms with Crippen LogP contribution in [0.25, 0.3) is 0 Å². The molecule has 0 bridgehead atoms. The van der Waals surface area contributed by atoms with Crippen molar-refractivity contribution in [1.82, 2.24) is 15.8 Å². The number of halogens is 3. The van der Waals surface area contributed by atoms with Gasteiger partial charge in [-0.2, -0.15) is 13.2 Å². The van der Waals surface area contributed by atoms with Crippen molar-refractivity contribution in [3.05, 3.63) is 58.9 Å². The summed E-state index contributed by atoms with van der Waals surface area (Å²) in [6.45, 7) is 1.25. The van der Waals surface area contributed by atoms with E-state index in [1.165, 1.54) is 31.2 Å². The Morgan fingerprint density at radius 3 is 2.12 bits per heavy atom. The maximum Gasteiger partial charge on any atom is 0.433 e. The second kappa shape index (κ2) is 6.57. The number of pyridine rings is 1. The highest BCUT2D eigenvalue weighted by molar-refractivity contribution is 6.00. The third-order valence-electron chi connectivity index (χ3n) is 3.06. The first-order chi connectivity index (χ1) is 11.2. The molecule has 0 unspecified atom stereocenters. The van der Waals surface area contributed by atoms with Gasteiger partial charge in [-0.05, 0) is 31.2 Å². The molecule has 9 heteroatoms. The van der Waals surface area contributed by atoms with Gasteiger partial charge in [0.1, 0.15) is 11.4 Å². The van der Waals surface area contributed by atoms with Crippen LogP contribution in [-0.2, 0) is 6.18 Å². The Kier molecular flexibility index (Phi) is 4.72. The van der Waals surface area contributed by atoms with Gasteiger partial charge in [-0.25, -0.2) is 4.98 Å². The Morgan fingerprint density at radius 2 is 1.58 bits per heavy atom. The first kappa shape index (κ1) is 17.3. The van der Waals surface area contributed by atoms with Gasteiger partial charge in [0, 0.05) is 0 Å². The van der Waals surface area contributed by atoms with Gasteiger partial charge in [0.15, 0.2) is 0 Å². The molecule has 3 N–H and O–H groups in total. The lowest BCUT2D eigenvalue weighted by Crippen LogP contribution is -2.42. The molecule has 0 atom stereocenters. The first-order valence-electron chi connectivity index (χ1n) is 6.63. The summed E-state index contributed by atoms with van der Waals surface area (Å²) in [5, 5.41) is 9.52. The molecule has 0 saturated carbocycles. The van der Waals surface area contributed by atoms with Crippen LogP contribution in [0.2, 0.25) is 0 Å². The predicted molar refractivity (Wildman–Crippen MR) is 77.0 cm³/mol. The zero-order chi connectivity index (χ0) is 17.9. The van der Waals surface area contributed by atoms with E-state index in [1.807, 2.05) is 0 Å². The van der Waals surface area contributed by atoms with Crippen LogP contribution in [0.3, 0.4) is 0 Å². The number of amides is 2. The number of phenolic OH excluding ortho intramolecular Hbond substituents is 1. The summed E-state index contributed by atoms with van der Waals surface area (Å²) < 4.78 is 37.6. The minimum atomic E-state index is -4.61. The lowest BCUT2D eigenvalue weighted by Gasteiger charge is -2.11. The number of benzene rings is 1. The van der Waals surface area contributed by atoms with E-state index in [2.05, 4.69) is 15.8 Å². The van der Waals surface area contributed by atoms with Crippen molar-refractivity contribution >= 4 is 11.8 Å². The van der Waals surface area contributed by atoms with E-state index in [-0.39, 0.29) is 22.6 Å². The van der Waals surface area contributed by atoms with E-state index in [0.717, 1.165) is 6.07 Å². The van der Waals surface area contributed by atoms with E-state index < -0.39 is 23.7 Å². The molecule has 0 aliphatic carbocycles. The van der Waals surface area contributed by atoms with Crippen LogP contribution in [-0.4, -0.2) is 21.9 Å². The summed E-state index contributed by atoms with van der Waals surface area (Å²) in [4.78, 5) is 27.1. The van der Waals surface area contributed by atoms with Crippen molar-refractivity contribution in [3.8, 4) is 5.75 Å². The van der Waals surface area contributed by atoms with Gasteiger partial charge >= 0.3 is 6.18 Å². The van der Waals surface area contributed by atoms with Crippen LogP contribution >= 0.6 is 0 Å². The molecule has 2 aromatic rings. The van der Waals surface area contributed by atoms with Crippen molar-refractivity contribution in [3.63, 3.8) is 0 Å². The van der Waals surface area contributed by atoms with Crippen molar-refractivity contribution in [2.75, 3.05) is 0 Å². The maximum atomic E-state index is 12.5. The molecular formula is C15H12F3N3O3. The number of phenols is 1. The number of aromatic nitrogens is 1. The highest BCUT2D eigenvalue weighted by Gasteiger charge is 2.33. The van der Waals surface area contributed by atoms with E-state index >= 15 is 0 Å². The van der Waals surface area contributed by atoms with Crippen LogP contribution in [0.1, 0.15) is 32.1 Å². The van der Waals surface area contributed by atoms with Gasteiger partial charge in [-0.1, -0.05) is 12.1 Å². The van der Waals surface area contributed by atoms with Gasteiger partial charge < -0.3 is 5.11 Å². The largest absolute Gasteiger partial charge is 0.507 e. The number of nitrogens with zero attached hydrogens (tertiary/aromatic N) is 1. The van der Waals surface area contributed by atoms with Crippen LogP contribution in [0.15, 0.2) is 36.4 Å². The fourth-order valence-corrected chi connectivity index (χ4v) is 1.87. The van der Waals surface area contributed by atoms with Gasteiger partial charge in [0.2, 0.25) is 0 Å². The van der Waals surface area contributed by atoms with Gasteiger partial charge in [0.25, 0.3) is 11.8 Å². The van der Waals surface area contributed by atoms with Crippen molar-refractivity contribution in [1.29, 1.82) is 0 Å². The fourth-order valence-electron chi connectivity index (χ4n) is 1.87. The number of hydrogen-bond acceptors (Lipinski definition) is 4. The second-order valence-electron chi connectivity index (χ2n) is 4.75. The van der Waals surface area contributed by atoms with Crippen molar-refractivity contribution in [2.24, 2.45) is 0 Å². The number of para-hydroxylation sites is 1. The zero-order valence-electron chi connectivity index (χ0n) is 12.3. The van der Waals surface area contributed by atoms with Gasteiger partial charge in [0.05, 0.1) is 16.8 Å². The minimum Gasteiger partial charge on any atom is -0.507 e. The van der Waals surface area contributed by atoms with Crippen molar-refractivity contribution < 1.29 is 27.9 Å². The molecule has 2 rings (SSSR count). The lowest BCUT2D eigenvalue weighted by atomic mass is 10.1. The van der Waals surface area contributed by atoms with Gasteiger partial charge in [-0.15, -0.1) is 0 Å². The summed E-state index contributed by atoms with van der Waals surface area (Å²) in [5.74, 6) is -1.90. The highest BCUT2D eigenvalue weighted by Crippen LogP contribution is 2.28. The average molecular weight is 339 g/mol. The molecule has 2 amide bonds. The molecule has 126 valence electrons. The predicted octanol–water partition coefficient (Wildman–Crippen LogP) is 2.19. The Labute approximate surface area is 134 Å². The minimum absolute atomic E-state index is 0.0694. The van der Waals surface area contributed by atoms with Crippen molar-refractivity contribution in [2.45, 2.75) is 13.1 Å². The lowest BCUT2D eigenvalue weighted by molar-refractivity contribution is -0.141. The summed E-state index contributed by atoms with van der Waals surface area (Å²) in [6, 6.07) is 7.30. The third kappa shape index (κ3) is 3.80. The molecule has 0 saturated heterocycles. The quantitative estimate of drug-likeness (QED) is 0.732. The van der Waals surface area contributed by atoms with E-state index in [1.54, 1.807) is 0 Å². The normalized spacial score (nSPS) is 11.0. The molecule has 6 nitrogen and oxygen atoms in total. The van der Waals surface area contributed by atoms with Crippen LogP contribution in [0.4, 0.5) is 13.2 Å². The van der Waals surface area contributed by atoms with Gasteiger partial charge in [-0.3, -0.25) is 20.4 Å². The number of carbonyl (C=O) groups is 2. The molecule has 0 spiro atoms. The monoisotopic (exact) mass is 339 g/mol. The number of hydrogen-bond donors (Lipinski definition) is 3. The Hall–Kier alpha value is -3.10. The molecular weight excluding hydrogens is 327 g/mol. The Bertz CT molecular complexity index is 791. The first-order valence-corrected chi connectivity index (χ1v) is 6.63. The molecule has 1 aromatic heterocycles. The molecule has 1 aromatic carbocycles. The molecule has 0 radical (unpaired) electrons. The number of carbonyl (C=O) groups excluding carboxylic acids is 2. The fraction of sp³-hybridized carbons (Fsp3) is 0.133. The number of alkyl halides is 3. The number of nitrogens with one attached hydrogen (secondary N) is 2. The van der Waals surface area contributed by atoms with Crippen LogP contribution in [0, 0.1) is 6.92 Å². The zero-order valence-corrected chi connectivity index (χ0v) is 12.3. The number of rotatable bonds is 2. The SMILES string of the molecule is Cc1nc(C(F)(F)F)ccc1C(=O)NNC(=O)c1ccccc1O. The second-order valence-corrected chi connectivity index (χ2v) is 4.75. The average Bonchev–Trinajstić information content (AvgIpc) is 2.51. The van der Waals surface area contributed by atoms with E-state index in [4.69, 9.17) is 0 Å². The van der Waals surface area contributed by atoms with E-state index in [9.17, 15) is 27.9 Å². The van der Waals surface area contributed by atoms with E-state index in [0.29, 0.717) is 6.07 Å². The van der Waals surface area contributed by atoms with Crippen LogP contribution in [0.5, 0.6) is 5.75 Å². The Morgan fingerprint density at radius 1 is 1.00 bits per heavy atom. The topological polar surface area (TPSA) is 91.3 Å².